The lowest BCUT2D eigenvalue weighted by Crippen LogP contribution is -2.51. The van der Waals surface area contributed by atoms with Crippen molar-refractivity contribution in [2.75, 3.05) is 42.9 Å². The van der Waals surface area contributed by atoms with Crippen molar-refractivity contribution in [2.24, 2.45) is 0 Å². The molecule has 3 aliphatic heterocycles. The molecule has 0 atom stereocenters. The molecule has 0 bridgehead atoms. The van der Waals surface area contributed by atoms with Crippen LogP contribution in [0.2, 0.25) is 5.02 Å². The van der Waals surface area contributed by atoms with E-state index in [1.807, 2.05) is 61.5 Å². The largest absolute Gasteiger partial charge is 0.389 e. The van der Waals surface area contributed by atoms with Crippen LogP contribution in [0.15, 0.2) is 47.7 Å². The molecule has 1 aromatic carbocycles. The number of H-pyrrole nitrogens is 1. The Kier molecular flexibility index (Phi) is 6.12. The molecule has 0 radical (unpaired) electrons. The van der Waals surface area contributed by atoms with Crippen LogP contribution in [-0.4, -0.2) is 78.8 Å². The second-order valence-corrected chi connectivity index (χ2v) is 11.0. The number of aromatic amines is 1. The van der Waals surface area contributed by atoms with E-state index in [2.05, 4.69) is 20.3 Å². The highest BCUT2D eigenvalue weighted by molar-refractivity contribution is 6.30. The van der Waals surface area contributed by atoms with Gasteiger partial charge in [0.25, 0.3) is 0 Å². The van der Waals surface area contributed by atoms with Gasteiger partial charge in [-0.2, -0.15) is 0 Å². The van der Waals surface area contributed by atoms with Crippen LogP contribution in [0.1, 0.15) is 24.6 Å². The number of aromatic nitrogens is 5. The van der Waals surface area contributed by atoms with Crippen molar-refractivity contribution in [1.29, 1.82) is 0 Å². The van der Waals surface area contributed by atoms with E-state index < -0.39 is 0 Å². The minimum absolute atomic E-state index is 0.00236. The van der Waals surface area contributed by atoms with E-state index in [0.29, 0.717) is 56.2 Å². The maximum Gasteiger partial charge on any atom is 0.327 e. The maximum atomic E-state index is 13.5. The number of imidazole rings is 1. The number of hydrogen-bond acceptors (Lipinski definition) is 7. The molecule has 0 unspecified atom stereocenters. The smallest absolute Gasteiger partial charge is 0.327 e. The van der Waals surface area contributed by atoms with Gasteiger partial charge in [-0.1, -0.05) is 29.8 Å². The number of carbonyl (C=O) groups excluding carboxylic acids is 1. The summed E-state index contributed by atoms with van der Waals surface area (Å²) in [6.07, 6.45) is 8.48. The summed E-state index contributed by atoms with van der Waals surface area (Å²) in [6, 6.07) is 7.60. The van der Waals surface area contributed by atoms with Crippen LogP contribution in [0.3, 0.4) is 0 Å². The Balaban J connectivity index is 1.14. The van der Waals surface area contributed by atoms with Gasteiger partial charge in [0.2, 0.25) is 5.91 Å². The molecule has 0 aliphatic carbocycles. The van der Waals surface area contributed by atoms with E-state index in [1.165, 1.54) is 6.33 Å². The molecule has 11 nitrogen and oxygen atoms in total. The highest BCUT2D eigenvalue weighted by Gasteiger charge is 2.31. The number of nitrogens with one attached hydrogen (secondary N) is 2. The van der Waals surface area contributed by atoms with E-state index in [-0.39, 0.29) is 30.3 Å². The minimum Gasteiger partial charge on any atom is -0.389 e. The first-order valence-corrected chi connectivity index (χ1v) is 13.9. The van der Waals surface area contributed by atoms with Crippen molar-refractivity contribution in [3.05, 3.63) is 64.1 Å². The van der Waals surface area contributed by atoms with Crippen molar-refractivity contribution >= 4 is 46.3 Å². The van der Waals surface area contributed by atoms with Crippen LogP contribution in [0.5, 0.6) is 0 Å². The summed E-state index contributed by atoms with van der Waals surface area (Å²) in [5.74, 6) is 1.51. The number of piperidine rings is 1. The molecule has 4 aromatic rings. The van der Waals surface area contributed by atoms with Gasteiger partial charge in [-0.05, 0) is 36.6 Å². The zero-order valence-corrected chi connectivity index (χ0v) is 22.5. The third-order valence-electron chi connectivity index (χ3n) is 8.08. The Hall–Kier alpha value is -4.09. The van der Waals surface area contributed by atoms with Gasteiger partial charge in [0.1, 0.15) is 30.2 Å². The Morgan fingerprint density at radius 3 is 2.65 bits per heavy atom. The molecule has 40 heavy (non-hydrogen) atoms. The molecular formula is C28H29ClN8O3. The first kappa shape index (κ1) is 24.9. The minimum atomic E-state index is -0.379. The first-order valence-electron chi connectivity index (χ1n) is 13.5. The summed E-state index contributed by atoms with van der Waals surface area (Å²) in [6.45, 7) is 2.99. The van der Waals surface area contributed by atoms with Gasteiger partial charge in [0.15, 0.2) is 0 Å². The maximum absolute atomic E-state index is 13.5. The predicted molar refractivity (Wildman–Crippen MR) is 154 cm³/mol. The number of halogens is 1. The molecule has 3 aliphatic rings. The van der Waals surface area contributed by atoms with Crippen molar-refractivity contribution in [3.63, 3.8) is 0 Å². The molecule has 2 saturated heterocycles. The quantitative estimate of drug-likeness (QED) is 0.343. The van der Waals surface area contributed by atoms with E-state index in [1.54, 1.807) is 0 Å². The number of aliphatic hydroxyl groups excluding tert-OH is 1. The summed E-state index contributed by atoms with van der Waals surface area (Å²) < 4.78 is 3.71. The number of nitrogens with zero attached hydrogens (tertiary/aromatic N) is 6. The van der Waals surface area contributed by atoms with Crippen molar-refractivity contribution in [1.82, 2.24) is 29.0 Å². The molecule has 206 valence electrons. The first-order chi connectivity index (χ1) is 19.5. The van der Waals surface area contributed by atoms with Gasteiger partial charge in [-0.15, -0.1) is 0 Å². The van der Waals surface area contributed by atoms with Crippen LogP contribution < -0.4 is 15.9 Å². The average molecular weight is 561 g/mol. The molecule has 3 aromatic heterocycles. The van der Waals surface area contributed by atoms with Crippen LogP contribution in [0, 0.1) is 0 Å². The summed E-state index contributed by atoms with van der Waals surface area (Å²) in [7, 11) is 0. The lowest BCUT2D eigenvalue weighted by atomic mass is 10.0. The lowest BCUT2D eigenvalue weighted by molar-refractivity contribution is -0.133. The molecule has 0 saturated carbocycles. The number of rotatable bonds is 5. The Bertz CT molecular complexity index is 1670. The second kappa shape index (κ2) is 9.83. The van der Waals surface area contributed by atoms with Gasteiger partial charge < -0.3 is 24.8 Å². The highest BCUT2D eigenvalue weighted by Crippen LogP contribution is 2.37. The van der Waals surface area contributed by atoms with E-state index in [4.69, 9.17) is 11.6 Å². The third-order valence-corrected chi connectivity index (χ3v) is 8.33. The summed E-state index contributed by atoms with van der Waals surface area (Å²) in [4.78, 5) is 42.1. The van der Waals surface area contributed by atoms with Crippen LogP contribution in [0.4, 0.5) is 11.6 Å². The van der Waals surface area contributed by atoms with Crippen molar-refractivity contribution in [3.8, 4) is 11.1 Å². The van der Waals surface area contributed by atoms with Crippen LogP contribution >= 0.6 is 11.6 Å². The van der Waals surface area contributed by atoms with E-state index >= 15 is 0 Å². The van der Waals surface area contributed by atoms with Crippen molar-refractivity contribution in [2.45, 2.75) is 31.5 Å². The topological polar surface area (TPSA) is 124 Å². The highest BCUT2D eigenvalue weighted by atomic mass is 35.5. The normalized spacial score (nSPS) is 17.6. The number of anilines is 2. The zero-order chi connectivity index (χ0) is 27.4. The number of amides is 1. The lowest BCUT2D eigenvalue weighted by Gasteiger charge is -2.37. The Morgan fingerprint density at radius 2 is 1.90 bits per heavy atom. The molecule has 12 heteroatoms. The predicted octanol–water partition coefficient (Wildman–Crippen LogP) is 2.72. The molecule has 3 N–H and O–H groups in total. The fourth-order valence-electron chi connectivity index (χ4n) is 6.02. The fourth-order valence-corrected chi connectivity index (χ4v) is 6.14. The van der Waals surface area contributed by atoms with Crippen LogP contribution in [-0.2, 0) is 11.3 Å². The van der Waals surface area contributed by atoms with E-state index in [9.17, 15) is 14.7 Å². The number of hydrogen-bond donors (Lipinski definition) is 3. The molecule has 7 rings (SSSR count). The SMILES string of the molecule is O=C(Cn1cc(-c2ccc(Cl)cc2)c2c(N3CC(O)C3)ncnc21)N1CCC(n2c3c([nH]c2=O)NCC=C3)CC1. The van der Waals surface area contributed by atoms with Gasteiger partial charge in [0, 0.05) is 55.5 Å². The number of β-amino-alcohol motifs (C(OH)–C–C–N with tert-alkyl or cyclic N) is 1. The van der Waals surface area contributed by atoms with Gasteiger partial charge in [-0.3, -0.25) is 14.3 Å². The average Bonchev–Trinajstić information content (AvgIpc) is 3.49. The summed E-state index contributed by atoms with van der Waals surface area (Å²) in [5.41, 5.74) is 3.28. The van der Waals surface area contributed by atoms with Gasteiger partial charge in [-0.25, -0.2) is 14.8 Å². The van der Waals surface area contributed by atoms with Gasteiger partial charge in [0.05, 0.1) is 17.2 Å². The zero-order valence-electron chi connectivity index (χ0n) is 21.8. The summed E-state index contributed by atoms with van der Waals surface area (Å²) in [5, 5.41) is 14.6. The molecule has 6 heterocycles. The van der Waals surface area contributed by atoms with Gasteiger partial charge >= 0.3 is 5.69 Å². The number of fused-ring (bicyclic) bond motifs is 2. The number of aliphatic hydroxyl groups is 1. The molecular weight excluding hydrogens is 532 g/mol. The Morgan fingerprint density at radius 1 is 1.12 bits per heavy atom. The molecule has 0 spiro atoms. The molecule has 1 amide bonds. The van der Waals surface area contributed by atoms with Crippen molar-refractivity contribution < 1.29 is 9.90 Å². The standard InChI is InChI=1S/C28H29ClN8O3/c29-18-5-3-17(4-6-18)21-14-36(27-24(21)26(31-16-32-27)35-12-20(38)13-35)15-23(39)34-10-7-19(8-11-34)37-22-2-1-9-30-25(22)33-28(37)40/h1-6,14,16,19-20,30,38H,7-13,15H2,(H,33,40). The number of likely N-dealkylation sites (tertiary alicyclic amines) is 1. The van der Waals surface area contributed by atoms with Crippen LogP contribution in [0.25, 0.3) is 28.2 Å². The summed E-state index contributed by atoms with van der Waals surface area (Å²) >= 11 is 6.15. The number of carbonyl (C=O) groups is 1. The van der Waals surface area contributed by atoms with E-state index in [0.717, 1.165) is 33.8 Å². The second-order valence-electron chi connectivity index (χ2n) is 10.6. The number of benzene rings is 1. The monoisotopic (exact) mass is 560 g/mol. The fraction of sp³-hybridized carbons (Fsp3) is 0.357. The third kappa shape index (κ3) is 4.25. The Labute approximate surface area is 234 Å². The molecule has 2 fully saturated rings.